The average molecular weight is 202 g/mol. The molecule has 2 heteroatoms. The Kier molecular flexibility index (Phi) is 2.76. The summed E-state index contributed by atoms with van der Waals surface area (Å²) in [7, 11) is 2.13. The van der Waals surface area contributed by atoms with Gasteiger partial charge in [-0.2, -0.15) is 0 Å². The Labute approximate surface area is 91.6 Å². The van der Waals surface area contributed by atoms with E-state index in [0.717, 1.165) is 13.1 Å². The number of hydrogen-bond acceptors (Lipinski definition) is 2. The molecule has 0 bridgehead atoms. The van der Waals surface area contributed by atoms with Gasteiger partial charge < -0.3 is 4.90 Å². The molecule has 1 aromatic carbocycles. The minimum Gasteiger partial charge on any atom is -0.359 e. The van der Waals surface area contributed by atoms with Gasteiger partial charge in [0.1, 0.15) is 5.84 Å². The lowest BCUT2D eigenvalue weighted by molar-refractivity contribution is 0.475. The number of benzene rings is 1. The van der Waals surface area contributed by atoms with Crippen LogP contribution in [-0.2, 0) is 13.1 Å². The van der Waals surface area contributed by atoms with Gasteiger partial charge in [-0.25, -0.2) is 0 Å². The van der Waals surface area contributed by atoms with E-state index in [0.29, 0.717) is 5.92 Å². The maximum absolute atomic E-state index is 4.69. The Hall–Kier alpha value is -1.31. The van der Waals surface area contributed by atoms with Gasteiger partial charge in [0, 0.05) is 19.5 Å². The second kappa shape index (κ2) is 4.05. The van der Waals surface area contributed by atoms with Gasteiger partial charge in [-0.15, -0.1) is 0 Å². The Balaban J connectivity index is 2.32. The van der Waals surface area contributed by atoms with Crippen molar-refractivity contribution in [1.82, 2.24) is 4.90 Å². The molecule has 2 rings (SSSR count). The fourth-order valence-corrected chi connectivity index (χ4v) is 2.11. The molecule has 0 atom stereocenters. The average Bonchev–Trinajstić information content (AvgIpc) is 2.35. The van der Waals surface area contributed by atoms with E-state index in [4.69, 9.17) is 0 Å². The minimum absolute atomic E-state index is 0.504. The number of hydrogen-bond donors (Lipinski definition) is 0. The van der Waals surface area contributed by atoms with Crippen molar-refractivity contribution >= 4 is 5.84 Å². The molecule has 0 saturated heterocycles. The van der Waals surface area contributed by atoms with Crippen LogP contribution in [-0.4, -0.2) is 17.8 Å². The molecule has 0 amide bonds. The van der Waals surface area contributed by atoms with Gasteiger partial charge in [0.15, 0.2) is 0 Å². The van der Waals surface area contributed by atoms with E-state index in [2.05, 4.69) is 55.1 Å². The second-order valence-corrected chi connectivity index (χ2v) is 4.45. The van der Waals surface area contributed by atoms with E-state index >= 15 is 0 Å². The zero-order valence-corrected chi connectivity index (χ0v) is 9.70. The molecule has 15 heavy (non-hydrogen) atoms. The first-order chi connectivity index (χ1) is 7.18. The fraction of sp³-hybridized carbons (Fsp3) is 0.462. The first-order valence-electron chi connectivity index (χ1n) is 5.50. The van der Waals surface area contributed by atoms with E-state index in [1.165, 1.54) is 17.0 Å². The first kappa shape index (κ1) is 10.2. The summed E-state index contributed by atoms with van der Waals surface area (Å²) in [6, 6.07) is 8.57. The van der Waals surface area contributed by atoms with Crippen molar-refractivity contribution in [3.63, 3.8) is 0 Å². The van der Waals surface area contributed by atoms with E-state index in [-0.39, 0.29) is 0 Å². The highest BCUT2D eigenvalue weighted by atomic mass is 15.2. The van der Waals surface area contributed by atoms with Gasteiger partial charge in [0.25, 0.3) is 0 Å². The monoisotopic (exact) mass is 202 g/mol. The van der Waals surface area contributed by atoms with Crippen LogP contribution < -0.4 is 0 Å². The molecular formula is C13H18N2. The van der Waals surface area contributed by atoms with Gasteiger partial charge in [0.05, 0.1) is 6.54 Å². The van der Waals surface area contributed by atoms with Crippen LogP contribution >= 0.6 is 0 Å². The Morgan fingerprint density at radius 3 is 2.53 bits per heavy atom. The molecule has 1 aromatic rings. The van der Waals surface area contributed by atoms with Crippen LogP contribution in [0, 0.1) is 5.92 Å². The summed E-state index contributed by atoms with van der Waals surface area (Å²) in [6.07, 6.45) is 0. The van der Waals surface area contributed by atoms with Crippen molar-refractivity contribution in [3.05, 3.63) is 35.4 Å². The zero-order valence-electron chi connectivity index (χ0n) is 9.70. The van der Waals surface area contributed by atoms with Crippen molar-refractivity contribution in [3.8, 4) is 0 Å². The third-order valence-electron chi connectivity index (χ3n) is 2.84. The predicted octanol–water partition coefficient (Wildman–Crippen LogP) is 2.69. The van der Waals surface area contributed by atoms with Gasteiger partial charge in [0.2, 0.25) is 0 Å². The van der Waals surface area contributed by atoms with E-state index in [1.54, 1.807) is 0 Å². The molecule has 0 unspecified atom stereocenters. The summed E-state index contributed by atoms with van der Waals surface area (Å²) in [6.45, 7) is 6.21. The highest BCUT2D eigenvalue weighted by Gasteiger charge is 2.16. The van der Waals surface area contributed by atoms with Crippen LogP contribution in [0.3, 0.4) is 0 Å². The SMILES string of the molecule is CC(C)C1=NCc2ccccc2CN1C. The molecule has 1 aliphatic rings. The van der Waals surface area contributed by atoms with Gasteiger partial charge in [-0.05, 0) is 11.1 Å². The van der Waals surface area contributed by atoms with Crippen LogP contribution in [0.1, 0.15) is 25.0 Å². The molecule has 2 nitrogen and oxygen atoms in total. The molecule has 0 N–H and O–H groups in total. The van der Waals surface area contributed by atoms with Crippen LogP contribution in [0.5, 0.6) is 0 Å². The standard InChI is InChI=1S/C13H18N2/c1-10(2)13-14-8-11-6-4-5-7-12(11)9-15(13)3/h4-7,10H,8-9H2,1-3H3. The molecule has 0 aliphatic carbocycles. The van der Waals surface area contributed by atoms with E-state index in [1.807, 2.05) is 0 Å². The van der Waals surface area contributed by atoms with Gasteiger partial charge in [-0.1, -0.05) is 38.1 Å². The Morgan fingerprint density at radius 1 is 1.20 bits per heavy atom. The normalized spacial score (nSPS) is 16.0. The number of rotatable bonds is 1. The van der Waals surface area contributed by atoms with E-state index in [9.17, 15) is 0 Å². The molecular weight excluding hydrogens is 184 g/mol. The van der Waals surface area contributed by atoms with Crippen molar-refractivity contribution in [2.75, 3.05) is 7.05 Å². The number of aliphatic imine (C=N–C) groups is 1. The summed E-state index contributed by atoms with van der Waals surface area (Å²) in [4.78, 5) is 6.95. The van der Waals surface area contributed by atoms with Crippen LogP contribution in [0.2, 0.25) is 0 Å². The van der Waals surface area contributed by atoms with Gasteiger partial charge in [-0.3, -0.25) is 4.99 Å². The molecule has 0 radical (unpaired) electrons. The van der Waals surface area contributed by atoms with Crippen molar-refractivity contribution in [2.45, 2.75) is 26.9 Å². The maximum atomic E-state index is 4.69. The topological polar surface area (TPSA) is 15.6 Å². The van der Waals surface area contributed by atoms with Crippen LogP contribution in [0.4, 0.5) is 0 Å². The largest absolute Gasteiger partial charge is 0.359 e. The summed E-state index contributed by atoms with van der Waals surface area (Å²) in [5, 5.41) is 0. The van der Waals surface area contributed by atoms with Crippen molar-refractivity contribution in [1.29, 1.82) is 0 Å². The second-order valence-electron chi connectivity index (χ2n) is 4.45. The van der Waals surface area contributed by atoms with Crippen molar-refractivity contribution in [2.24, 2.45) is 10.9 Å². The highest BCUT2D eigenvalue weighted by molar-refractivity contribution is 5.84. The summed E-state index contributed by atoms with van der Waals surface area (Å²) in [5.41, 5.74) is 2.76. The number of nitrogens with zero attached hydrogens (tertiary/aromatic N) is 2. The summed E-state index contributed by atoms with van der Waals surface area (Å²) >= 11 is 0. The minimum atomic E-state index is 0.504. The molecule has 1 aliphatic heterocycles. The quantitative estimate of drug-likeness (QED) is 0.683. The Morgan fingerprint density at radius 2 is 1.87 bits per heavy atom. The lowest BCUT2D eigenvalue weighted by Crippen LogP contribution is -2.29. The van der Waals surface area contributed by atoms with E-state index < -0.39 is 0 Å². The smallest absolute Gasteiger partial charge is 0.102 e. The summed E-state index contributed by atoms with van der Waals surface area (Å²) < 4.78 is 0. The molecule has 0 saturated carbocycles. The number of fused-ring (bicyclic) bond motifs is 1. The molecule has 80 valence electrons. The van der Waals surface area contributed by atoms with Crippen LogP contribution in [0.25, 0.3) is 0 Å². The van der Waals surface area contributed by atoms with Crippen molar-refractivity contribution < 1.29 is 0 Å². The third-order valence-corrected chi connectivity index (χ3v) is 2.84. The van der Waals surface area contributed by atoms with Gasteiger partial charge >= 0.3 is 0 Å². The first-order valence-corrected chi connectivity index (χ1v) is 5.50. The summed E-state index contributed by atoms with van der Waals surface area (Å²) in [5.74, 6) is 1.72. The lowest BCUT2D eigenvalue weighted by Gasteiger charge is -2.22. The maximum Gasteiger partial charge on any atom is 0.102 e. The molecule has 0 aromatic heterocycles. The molecule has 0 fully saturated rings. The highest BCUT2D eigenvalue weighted by Crippen LogP contribution is 2.18. The Bertz CT molecular complexity index is 380. The fourth-order valence-electron chi connectivity index (χ4n) is 2.11. The lowest BCUT2D eigenvalue weighted by atomic mass is 10.1. The third kappa shape index (κ3) is 2.04. The predicted molar refractivity (Wildman–Crippen MR) is 63.9 cm³/mol. The number of amidine groups is 1. The molecule has 1 heterocycles. The molecule has 0 spiro atoms. The zero-order chi connectivity index (χ0) is 10.8. The van der Waals surface area contributed by atoms with Crippen LogP contribution in [0.15, 0.2) is 29.3 Å².